The number of amides is 2. The summed E-state index contributed by atoms with van der Waals surface area (Å²) in [5.41, 5.74) is 2.50. The number of hydrogen-bond acceptors (Lipinski definition) is 9. The first-order chi connectivity index (χ1) is 23.4. The van der Waals surface area contributed by atoms with Gasteiger partial charge in [0.05, 0.1) is 31.6 Å². The average molecular weight is 723 g/mol. The number of fused-ring (bicyclic) bond motifs is 2. The van der Waals surface area contributed by atoms with Gasteiger partial charge in [-0.25, -0.2) is 9.97 Å². The molecule has 2 aliphatic heterocycles. The summed E-state index contributed by atoms with van der Waals surface area (Å²) in [6.07, 6.45) is 16.6. The first kappa shape index (κ1) is 35.1. The summed E-state index contributed by atoms with van der Waals surface area (Å²) in [5.74, 6) is -0.167. The van der Waals surface area contributed by atoms with Gasteiger partial charge in [0.15, 0.2) is 0 Å². The molecule has 0 saturated heterocycles. The fourth-order valence-electron chi connectivity index (χ4n) is 6.40. The summed E-state index contributed by atoms with van der Waals surface area (Å²) in [4.78, 5) is 45.3. The summed E-state index contributed by atoms with van der Waals surface area (Å²) in [5, 5.41) is 1.79. The molecule has 4 aromatic heterocycles. The highest BCUT2D eigenvalue weighted by molar-refractivity contribution is 7.33. The lowest BCUT2D eigenvalue weighted by molar-refractivity contribution is -0.124. The fourth-order valence-corrected chi connectivity index (χ4v) is 10.7. The fraction of sp³-hybridized carbons (Fsp3) is 0.514. The van der Waals surface area contributed by atoms with E-state index in [1.807, 2.05) is 26.2 Å². The molecular weight excluding hydrogens is 677 g/mol. The number of unbranched alkanes of at least 4 members (excludes halogenated alkanes) is 8. The van der Waals surface area contributed by atoms with Crippen LogP contribution < -0.4 is 0 Å². The van der Waals surface area contributed by atoms with Crippen molar-refractivity contribution in [1.82, 2.24) is 19.8 Å². The Hall–Kier alpha value is -2.70. The number of ether oxygens (including phenoxy) is 1. The molecule has 0 aliphatic carbocycles. The number of carbonyl (C=O) groups excluding carboxylic acids is 2. The Balaban J connectivity index is 1.15. The maximum atomic E-state index is 14.0. The number of thiophene rings is 2. The van der Waals surface area contributed by atoms with Gasteiger partial charge in [0.25, 0.3) is 11.8 Å². The van der Waals surface area contributed by atoms with Gasteiger partial charge in [-0.15, -0.1) is 45.3 Å². The molecule has 11 heteroatoms. The van der Waals surface area contributed by atoms with Crippen molar-refractivity contribution < 1.29 is 14.3 Å². The average Bonchev–Trinajstić information content (AvgIpc) is 3.91. The molecule has 0 radical (unpaired) electrons. The first-order valence-corrected chi connectivity index (χ1v) is 20.8. The molecule has 6 heterocycles. The van der Waals surface area contributed by atoms with Crippen LogP contribution in [0, 0.1) is 6.92 Å². The van der Waals surface area contributed by atoms with Crippen molar-refractivity contribution in [2.24, 2.45) is 0 Å². The summed E-state index contributed by atoms with van der Waals surface area (Å²) in [7, 11) is 0. The van der Waals surface area contributed by atoms with E-state index in [2.05, 4.69) is 31.0 Å². The highest BCUT2D eigenvalue weighted by atomic mass is 32.1. The molecule has 0 N–H and O–H groups in total. The molecule has 7 nitrogen and oxygen atoms in total. The van der Waals surface area contributed by atoms with E-state index in [9.17, 15) is 9.59 Å². The normalized spacial score (nSPS) is 15.0. The lowest BCUT2D eigenvalue weighted by Gasteiger charge is -2.23. The van der Waals surface area contributed by atoms with E-state index >= 15 is 0 Å². The quantitative estimate of drug-likeness (QED) is 0.0901. The maximum absolute atomic E-state index is 14.0. The van der Waals surface area contributed by atoms with Crippen molar-refractivity contribution in [2.75, 3.05) is 26.3 Å². The lowest BCUT2D eigenvalue weighted by Crippen LogP contribution is -2.31. The molecule has 0 fully saturated rings. The second-order valence-electron chi connectivity index (χ2n) is 12.6. The molecule has 0 aromatic carbocycles. The Kier molecular flexibility index (Phi) is 12.0. The summed E-state index contributed by atoms with van der Waals surface area (Å²) in [6.45, 7) is 10.8. The van der Waals surface area contributed by atoms with Gasteiger partial charge < -0.3 is 14.5 Å². The molecule has 2 aliphatic rings. The minimum Gasteiger partial charge on any atom is -0.381 e. The van der Waals surface area contributed by atoms with E-state index < -0.39 is 0 Å². The molecular formula is C37H46N4O3S4. The molecule has 4 aromatic rings. The second kappa shape index (κ2) is 16.3. The van der Waals surface area contributed by atoms with Crippen LogP contribution in [0.15, 0.2) is 41.4 Å². The largest absolute Gasteiger partial charge is 0.381 e. The SMILES string of the molecule is CCCCCCCCCCOCCCN1C(=O)C2=C(C)N(CCCC)C(=O)C2=C1c1ncc(-c2cc3sc(-c4cnc(C)s4)cc3s2)s1. The van der Waals surface area contributed by atoms with E-state index in [1.165, 1.54) is 64.1 Å². The summed E-state index contributed by atoms with van der Waals surface area (Å²) in [6, 6.07) is 4.49. The van der Waals surface area contributed by atoms with Gasteiger partial charge in [-0.2, -0.15) is 0 Å². The number of aromatic nitrogens is 2. The van der Waals surface area contributed by atoms with Crippen LogP contribution in [0.25, 0.3) is 34.6 Å². The van der Waals surface area contributed by atoms with Gasteiger partial charge in [0.1, 0.15) is 5.01 Å². The lowest BCUT2D eigenvalue weighted by atomic mass is 10.1. The van der Waals surface area contributed by atoms with E-state index in [4.69, 9.17) is 9.72 Å². The summed E-state index contributed by atoms with van der Waals surface area (Å²) < 4.78 is 8.47. The minimum absolute atomic E-state index is 0.0769. The first-order valence-electron chi connectivity index (χ1n) is 17.5. The topological polar surface area (TPSA) is 75.6 Å². The van der Waals surface area contributed by atoms with Crippen molar-refractivity contribution in [3.8, 4) is 19.5 Å². The highest BCUT2D eigenvalue weighted by Gasteiger charge is 2.47. The van der Waals surface area contributed by atoms with Crippen molar-refractivity contribution in [3.63, 3.8) is 0 Å². The number of rotatable bonds is 19. The minimum atomic E-state index is -0.0906. The summed E-state index contributed by atoms with van der Waals surface area (Å²) >= 11 is 6.83. The van der Waals surface area contributed by atoms with Crippen molar-refractivity contribution in [2.45, 2.75) is 98.3 Å². The van der Waals surface area contributed by atoms with Crippen LogP contribution in [0.4, 0.5) is 0 Å². The van der Waals surface area contributed by atoms with Gasteiger partial charge in [-0.3, -0.25) is 9.59 Å². The molecule has 0 atom stereocenters. The Bertz CT molecular complexity index is 1780. The predicted octanol–water partition coefficient (Wildman–Crippen LogP) is 10.5. The van der Waals surface area contributed by atoms with Crippen LogP contribution in [0.3, 0.4) is 0 Å². The van der Waals surface area contributed by atoms with Crippen LogP contribution in [-0.2, 0) is 14.3 Å². The van der Waals surface area contributed by atoms with E-state index in [0.29, 0.717) is 43.0 Å². The van der Waals surface area contributed by atoms with Gasteiger partial charge in [-0.1, -0.05) is 65.2 Å². The third-order valence-electron chi connectivity index (χ3n) is 9.01. The van der Waals surface area contributed by atoms with E-state index in [0.717, 1.165) is 51.3 Å². The third kappa shape index (κ3) is 7.55. The van der Waals surface area contributed by atoms with E-state index in [-0.39, 0.29) is 11.8 Å². The number of carbonyl (C=O) groups is 2. The number of hydrogen-bond donors (Lipinski definition) is 0. The number of nitrogens with zero attached hydrogens (tertiary/aromatic N) is 4. The molecule has 2 amide bonds. The standard InChI is InChI=1S/C37H46N4O3S4/c1-5-7-9-10-11-12-13-14-18-44-19-15-17-41-34(33-32(36(41)42)24(3)40(37(33)43)16-8-6-2)35-39-23-31(48-35)29-21-27-26(47-29)20-28(46-27)30-22-38-25(4)45-30/h20-23H,5-19H2,1-4H3. The van der Waals surface area contributed by atoms with Crippen LogP contribution in [0.1, 0.15) is 101 Å². The Labute approximate surface area is 300 Å². The zero-order chi connectivity index (χ0) is 33.6. The molecule has 256 valence electrons. The van der Waals surface area contributed by atoms with Crippen LogP contribution in [-0.4, -0.2) is 57.9 Å². The number of allylic oxidation sites excluding steroid dienone is 1. The van der Waals surface area contributed by atoms with Crippen molar-refractivity contribution >= 4 is 72.3 Å². The molecule has 0 spiro atoms. The monoisotopic (exact) mass is 722 g/mol. The van der Waals surface area contributed by atoms with Crippen LogP contribution in [0.2, 0.25) is 0 Å². The zero-order valence-corrected chi connectivity index (χ0v) is 31.8. The Morgan fingerprint density at radius 1 is 0.625 bits per heavy atom. The maximum Gasteiger partial charge on any atom is 0.261 e. The van der Waals surface area contributed by atoms with Gasteiger partial charge in [0.2, 0.25) is 0 Å². The van der Waals surface area contributed by atoms with Gasteiger partial charge in [0, 0.05) is 63.5 Å². The van der Waals surface area contributed by atoms with E-state index in [1.54, 1.807) is 55.1 Å². The number of thiazole rings is 2. The smallest absolute Gasteiger partial charge is 0.261 e. The Morgan fingerprint density at radius 2 is 1.21 bits per heavy atom. The van der Waals surface area contributed by atoms with Crippen molar-refractivity contribution in [3.05, 3.63) is 51.4 Å². The van der Waals surface area contributed by atoms with Crippen LogP contribution >= 0.6 is 45.3 Å². The van der Waals surface area contributed by atoms with Crippen LogP contribution in [0.5, 0.6) is 0 Å². The molecule has 48 heavy (non-hydrogen) atoms. The Morgan fingerprint density at radius 3 is 1.88 bits per heavy atom. The third-order valence-corrected chi connectivity index (χ3v) is 13.6. The predicted molar refractivity (Wildman–Crippen MR) is 203 cm³/mol. The van der Waals surface area contributed by atoms with Crippen molar-refractivity contribution in [1.29, 1.82) is 0 Å². The number of aryl methyl sites for hydroxylation is 1. The highest BCUT2D eigenvalue weighted by Crippen LogP contribution is 2.47. The molecule has 6 rings (SSSR count). The van der Waals surface area contributed by atoms with Gasteiger partial charge >= 0.3 is 0 Å². The zero-order valence-electron chi connectivity index (χ0n) is 28.6. The molecule has 0 saturated carbocycles. The molecule has 0 unspecified atom stereocenters. The van der Waals surface area contributed by atoms with Gasteiger partial charge in [-0.05, 0) is 45.2 Å². The molecule has 0 bridgehead atoms. The second-order valence-corrected chi connectivity index (χ2v) is 17.0.